The molecule has 26 heavy (non-hydrogen) atoms. The average molecular weight is 354 g/mol. The zero-order valence-electron chi connectivity index (χ0n) is 14.7. The van der Waals surface area contributed by atoms with Gasteiger partial charge >= 0.3 is 0 Å². The van der Waals surface area contributed by atoms with Crippen LogP contribution in [-0.4, -0.2) is 52.6 Å². The summed E-state index contributed by atoms with van der Waals surface area (Å²) in [5.41, 5.74) is 0.886. The zero-order chi connectivity index (χ0) is 17.9. The molecule has 1 saturated heterocycles. The third kappa shape index (κ3) is 3.56. The van der Waals surface area contributed by atoms with Crippen molar-refractivity contribution in [1.29, 1.82) is 0 Å². The van der Waals surface area contributed by atoms with Crippen LogP contribution in [0, 0.1) is 6.92 Å². The molecule has 2 aromatic rings. The minimum atomic E-state index is -0.572. The number of aryl methyl sites for hydroxylation is 1. The van der Waals surface area contributed by atoms with E-state index in [0.29, 0.717) is 30.6 Å². The third-order valence-corrected chi connectivity index (χ3v) is 4.70. The van der Waals surface area contributed by atoms with Crippen molar-refractivity contribution in [2.75, 3.05) is 25.0 Å². The number of nitrogens with one attached hydrogen (secondary N) is 1. The summed E-state index contributed by atoms with van der Waals surface area (Å²) in [4.78, 5) is 23.2. The van der Waals surface area contributed by atoms with Gasteiger partial charge in [-0.2, -0.15) is 0 Å². The largest absolute Gasteiger partial charge is 0.485 e. The fraction of sp³-hybridized carbons (Fsp3) is 0.421. The molecule has 7 nitrogen and oxygen atoms in total. The number of carbonyl (C=O) groups is 1. The van der Waals surface area contributed by atoms with Crippen molar-refractivity contribution in [3.05, 3.63) is 42.4 Å². The zero-order valence-corrected chi connectivity index (χ0v) is 14.7. The molecule has 0 bridgehead atoms. The van der Waals surface area contributed by atoms with Gasteiger partial charge in [0.15, 0.2) is 11.5 Å². The Bertz CT molecular complexity index is 790. The van der Waals surface area contributed by atoms with Crippen LogP contribution in [0.5, 0.6) is 11.5 Å². The normalized spacial score (nSPS) is 19.9. The first kappa shape index (κ1) is 16.6. The second kappa shape index (κ2) is 7.19. The van der Waals surface area contributed by atoms with Crippen LogP contribution in [0.1, 0.15) is 18.5 Å². The molecule has 136 valence electrons. The van der Waals surface area contributed by atoms with Crippen LogP contribution >= 0.6 is 0 Å². The van der Waals surface area contributed by atoms with Gasteiger partial charge in [-0.1, -0.05) is 12.1 Å². The van der Waals surface area contributed by atoms with Gasteiger partial charge in [-0.3, -0.25) is 9.78 Å². The average Bonchev–Trinajstić information content (AvgIpc) is 2.68. The number of aromatic nitrogens is 2. The highest BCUT2D eigenvalue weighted by Gasteiger charge is 2.33. The summed E-state index contributed by atoms with van der Waals surface area (Å²) in [5, 5.41) is 3.41. The number of amides is 1. The molecule has 7 heteroatoms. The van der Waals surface area contributed by atoms with E-state index in [9.17, 15) is 4.79 Å². The van der Waals surface area contributed by atoms with Gasteiger partial charge in [0.1, 0.15) is 12.4 Å². The smallest absolute Gasteiger partial charge is 0.267 e. The van der Waals surface area contributed by atoms with Crippen LogP contribution in [0.15, 0.2) is 36.7 Å². The molecular formula is C19H22N4O3. The molecule has 3 heterocycles. The van der Waals surface area contributed by atoms with Crippen LogP contribution in [0.25, 0.3) is 0 Å². The summed E-state index contributed by atoms with van der Waals surface area (Å²) < 4.78 is 11.5. The minimum Gasteiger partial charge on any atom is -0.485 e. The van der Waals surface area contributed by atoms with Crippen molar-refractivity contribution >= 4 is 11.7 Å². The Morgan fingerprint density at radius 2 is 1.96 bits per heavy atom. The Kier molecular flexibility index (Phi) is 4.60. The number of piperidine rings is 1. The molecule has 0 spiro atoms. The monoisotopic (exact) mass is 354 g/mol. The first-order chi connectivity index (χ1) is 12.7. The number of fused-ring (bicyclic) bond motifs is 1. The van der Waals surface area contributed by atoms with Crippen molar-refractivity contribution < 1.29 is 14.3 Å². The molecule has 4 rings (SSSR count). The van der Waals surface area contributed by atoms with E-state index >= 15 is 0 Å². The molecule has 1 aromatic carbocycles. The van der Waals surface area contributed by atoms with E-state index in [1.807, 2.05) is 36.1 Å². The van der Waals surface area contributed by atoms with Crippen LogP contribution < -0.4 is 14.8 Å². The molecule has 0 aliphatic carbocycles. The molecule has 0 radical (unpaired) electrons. The number of hydrogen-bond donors (Lipinski definition) is 1. The summed E-state index contributed by atoms with van der Waals surface area (Å²) in [6, 6.07) is 7.73. The molecule has 1 atom stereocenters. The number of hydrogen-bond acceptors (Lipinski definition) is 6. The molecule has 1 aromatic heterocycles. The molecule has 2 aliphatic heterocycles. The SMILES string of the molecule is Cc1cncc(NC2CCN(C(=O)C3COc4ccccc4O3)CC2)n1. The Morgan fingerprint density at radius 1 is 1.19 bits per heavy atom. The fourth-order valence-electron chi connectivity index (χ4n) is 3.33. The van der Waals surface area contributed by atoms with Crippen molar-refractivity contribution in [1.82, 2.24) is 14.9 Å². The lowest BCUT2D eigenvalue weighted by Gasteiger charge is -2.35. The lowest BCUT2D eigenvalue weighted by Crippen LogP contribution is -2.50. The maximum Gasteiger partial charge on any atom is 0.267 e. The van der Waals surface area contributed by atoms with Crippen LogP contribution in [-0.2, 0) is 4.79 Å². The number of ether oxygens (including phenoxy) is 2. The van der Waals surface area contributed by atoms with E-state index in [1.54, 1.807) is 12.4 Å². The number of anilines is 1. The number of para-hydroxylation sites is 2. The predicted molar refractivity (Wildman–Crippen MR) is 96.3 cm³/mol. The molecule has 1 unspecified atom stereocenters. The van der Waals surface area contributed by atoms with E-state index in [4.69, 9.17) is 9.47 Å². The Balaban J connectivity index is 1.31. The summed E-state index contributed by atoms with van der Waals surface area (Å²) in [6.45, 7) is 3.56. The lowest BCUT2D eigenvalue weighted by molar-refractivity contribution is -0.142. The van der Waals surface area contributed by atoms with Crippen LogP contribution in [0.2, 0.25) is 0 Å². The number of carbonyl (C=O) groups excluding carboxylic acids is 1. The molecule has 1 N–H and O–H groups in total. The first-order valence-corrected chi connectivity index (χ1v) is 8.91. The maximum atomic E-state index is 12.8. The van der Waals surface area contributed by atoms with Crippen LogP contribution in [0.4, 0.5) is 5.82 Å². The van der Waals surface area contributed by atoms with Gasteiger partial charge in [0.25, 0.3) is 5.91 Å². The highest BCUT2D eigenvalue weighted by atomic mass is 16.6. The molecule has 1 fully saturated rings. The van der Waals surface area contributed by atoms with E-state index < -0.39 is 6.10 Å². The van der Waals surface area contributed by atoms with Gasteiger partial charge in [-0.15, -0.1) is 0 Å². The first-order valence-electron chi connectivity index (χ1n) is 8.91. The second-order valence-electron chi connectivity index (χ2n) is 6.65. The summed E-state index contributed by atoms with van der Waals surface area (Å²) >= 11 is 0. The second-order valence-corrected chi connectivity index (χ2v) is 6.65. The third-order valence-electron chi connectivity index (χ3n) is 4.70. The fourth-order valence-corrected chi connectivity index (χ4v) is 3.33. The highest BCUT2D eigenvalue weighted by Crippen LogP contribution is 2.31. The van der Waals surface area contributed by atoms with Gasteiger partial charge in [0, 0.05) is 25.3 Å². The molecule has 0 saturated carbocycles. The number of benzene rings is 1. The highest BCUT2D eigenvalue weighted by molar-refractivity contribution is 5.82. The van der Waals surface area contributed by atoms with E-state index in [-0.39, 0.29) is 12.5 Å². The Labute approximate surface area is 152 Å². The van der Waals surface area contributed by atoms with E-state index in [0.717, 1.165) is 24.4 Å². The van der Waals surface area contributed by atoms with Gasteiger partial charge in [0.2, 0.25) is 6.10 Å². The number of rotatable bonds is 3. The molecular weight excluding hydrogens is 332 g/mol. The van der Waals surface area contributed by atoms with Gasteiger partial charge in [0.05, 0.1) is 11.9 Å². The Hall–Kier alpha value is -2.83. The predicted octanol–water partition coefficient (Wildman–Crippen LogP) is 2.03. The van der Waals surface area contributed by atoms with Gasteiger partial charge < -0.3 is 19.7 Å². The number of nitrogens with zero attached hydrogens (tertiary/aromatic N) is 3. The number of likely N-dealkylation sites (tertiary alicyclic amines) is 1. The van der Waals surface area contributed by atoms with Crippen LogP contribution in [0.3, 0.4) is 0 Å². The molecule has 2 aliphatic rings. The summed E-state index contributed by atoms with van der Waals surface area (Å²) in [7, 11) is 0. The Morgan fingerprint density at radius 3 is 2.73 bits per heavy atom. The van der Waals surface area contributed by atoms with Crippen molar-refractivity contribution in [2.45, 2.75) is 31.9 Å². The molecule has 1 amide bonds. The summed E-state index contributed by atoms with van der Waals surface area (Å²) in [5.74, 6) is 2.11. The quantitative estimate of drug-likeness (QED) is 0.909. The summed E-state index contributed by atoms with van der Waals surface area (Å²) in [6.07, 6.45) is 4.63. The van der Waals surface area contributed by atoms with E-state index in [2.05, 4.69) is 15.3 Å². The topological polar surface area (TPSA) is 76.6 Å². The van der Waals surface area contributed by atoms with Gasteiger partial charge in [-0.05, 0) is 31.9 Å². The maximum absolute atomic E-state index is 12.8. The lowest BCUT2D eigenvalue weighted by atomic mass is 10.0. The van der Waals surface area contributed by atoms with Crippen molar-refractivity contribution in [3.63, 3.8) is 0 Å². The van der Waals surface area contributed by atoms with Crippen molar-refractivity contribution in [2.24, 2.45) is 0 Å². The van der Waals surface area contributed by atoms with E-state index in [1.165, 1.54) is 0 Å². The van der Waals surface area contributed by atoms with Gasteiger partial charge in [-0.25, -0.2) is 4.98 Å². The minimum absolute atomic E-state index is 0.00620. The standard InChI is InChI=1S/C19H22N4O3/c1-13-10-20-11-18(21-13)22-14-6-8-23(9-7-14)19(24)17-12-25-15-4-2-3-5-16(15)26-17/h2-5,10-11,14,17H,6-9,12H2,1H3,(H,21,22). The van der Waals surface area contributed by atoms with Crippen molar-refractivity contribution in [3.8, 4) is 11.5 Å².